The van der Waals surface area contributed by atoms with Crippen molar-refractivity contribution >= 4 is 55.5 Å². The number of H-pyrrole nitrogens is 1. The van der Waals surface area contributed by atoms with Crippen molar-refractivity contribution in [3.63, 3.8) is 0 Å². The van der Waals surface area contributed by atoms with Gasteiger partial charge in [0.2, 0.25) is 0 Å². The topological polar surface area (TPSA) is 147 Å². The lowest BCUT2D eigenvalue weighted by molar-refractivity contribution is 0.101. The molecule has 1 heterocycles. The molecule has 0 atom stereocenters. The second-order valence-corrected chi connectivity index (χ2v) is 10.9. The first-order chi connectivity index (χ1) is 18.1. The molecule has 4 N–H and O–H groups in total. The fourth-order valence-electron chi connectivity index (χ4n) is 3.74. The van der Waals surface area contributed by atoms with Crippen molar-refractivity contribution < 1.29 is 32.6 Å². The number of methoxy groups -OCH3 is 2. The number of hydrogen-bond donors (Lipinski definition) is 4. The van der Waals surface area contributed by atoms with Gasteiger partial charge in [-0.15, -0.1) is 0 Å². The average molecular weight is 558 g/mol. The number of carbonyl (C=O) groups is 2. The molecule has 0 bridgehead atoms. The van der Waals surface area contributed by atoms with Crippen molar-refractivity contribution in [1.29, 1.82) is 0 Å². The Bertz CT molecular complexity index is 1670. The molecular formula is C26H24ClN3O7S. The maximum atomic E-state index is 13.1. The standard InChI is InChI=1S/C26H24ClN3O7S/c1-4-38(34,35)17-12-20(29-25(32)18-7-6-16(36-2)11-23(18)37-3)24(31)21(13-17)30-26(33)22-10-14-9-15(27)5-8-19(14)28-22/h5-13,28,31H,4H2,1-3H3,(H,29,32)(H,30,33). The van der Waals surface area contributed by atoms with E-state index >= 15 is 0 Å². The first-order valence-electron chi connectivity index (χ1n) is 11.3. The number of halogens is 1. The largest absolute Gasteiger partial charge is 0.504 e. The van der Waals surface area contributed by atoms with Gasteiger partial charge in [-0.25, -0.2) is 8.42 Å². The quantitative estimate of drug-likeness (QED) is 0.227. The second-order valence-electron chi connectivity index (χ2n) is 8.16. The molecule has 0 saturated heterocycles. The fraction of sp³-hybridized carbons (Fsp3) is 0.154. The summed E-state index contributed by atoms with van der Waals surface area (Å²) in [7, 11) is -0.942. The minimum Gasteiger partial charge on any atom is -0.504 e. The third kappa shape index (κ3) is 5.38. The molecule has 0 unspecified atom stereocenters. The highest BCUT2D eigenvalue weighted by atomic mass is 35.5. The summed E-state index contributed by atoms with van der Waals surface area (Å²) in [4.78, 5) is 28.8. The third-order valence-corrected chi connectivity index (χ3v) is 7.75. The molecule has 12 heteroatoms. The number of sulfone groups is 1. The molecule has 0 aliphatic rings. The highest BCUT2D eigenvalue weighted by Crippen LogP contribution is 2.37. The fourth-order valence-corrected chi connectivity index (χ4v) is 4.84. The van der Waals surface area contributed by atoms with Gasteiger partial charge in [0.25, 0.3) is 11.8 Å². The van der Waals surface area contributed by atoms with Gasteiger partial charge in [-0.05, 0) is 48.5 Å². The van der Waals surface area contributed by atoms with E-state index in [1.165, 1.54) is 33.3 Å². The number of benzene rings is 3. The summed E-state index contributed by atoms with van der Waals surface area (Å²) >= 11 is 6.02. The number of ether oxygens (including phenoxy) is 2. The predicted molar refractivity (Wildman–Crippen MR) is 145 cm³/mol. The molecular weight excluding hydrogens is 534 g/mol. The van der Waals surface area contributed by atoms with Crippen molar-refractivity contribution in [3.8, 4) is 17.2 Å². The normalized spacial score (nSPS) is 11.3. The van der Waals surface area contributed by atoms with Gasteiger partial charge in [-0.2, -0.15) is 0 Å². The van der Waals surface area contributed by atoms with E-state index in [1.54, 1.807) is 30.3 Å². The first-order valence-corrected chi connectivity index (χ1v) is 13.3. The number of fused-ring (bicyclic) bond motifs is 1. The molecule has 4 rings (SSSR count). The summed E-state index contributed by atoms with van der Waals surface area (Å²) in [6.45, 7) is 1.45. The summed E-state index contributed by atoms with van der Waals surface area (Å²) in [6, 6.07) is 13.4. The monoisotopic (exact) mass is 557 g/mol. The van der Waals surface area contributed by atoms with Gasteiger partial charge in [0.15, 0.2) is 15.6 Å². The Morgan fingerprint density at radius 2 is 1.63 bits per heavy atom. The number of rotatable bonds is 8. The molecule has 0 aliphatic heterocycles. The lowest BCUT2D eigenvalue weighted by atomic mass is 10.1. The number of hydrogen-bond acceptors (Lipinski definition) is 7. The van der Waals surface area contributed by atoms with Crippen LogP contribution in [0.4, 0.5) is 11.4 Å². The number of aromatic nitrogens is 1. The molecule has 10 nitrogen and oxygen atoms in total. The molecule has 4 aromatic rings. The number of anilines is 2. The number of aromatic amines is 1. The van der Waals surface area contributed by atoms with Gasteiger partial charge in [0.05, 0.1) is 41.8 Å². The van der Waals surface area contributed by atoms with Crippen molar-refractivity contribution in [2.75, 3.05) is 30.6 Å². The number of phenols is 1. The Morgan fingerprint density at radius 3 is 2.26 bits per heavy atom. The van der Waals surface area contributed by atoms with Crippen LogP contribution in [0.25, 0.3) is 10.9 Å². The van der Waals surface area contributed by atoms with Crippen LogP contribution in [0.1, 0.15) is 27.8 Å². The highest BCUT2D eigenvalue weighted by molar-refractivity contribution is 7.91. The van der Waals surface area contributed by atoms with E-state index in [0.29, 0.717) is 21.7 Å². The van der Waals surface area contributed by atoms with Crippen LogP contribution in [0.3, 0.4) is 0 Å². The summed E-state index contributed by atoms with van der Waals surface area (Å²) in [5.74, 6) is -1.45. The van der Waals surface area contributed by atoms with Crippen LogP contribution in [0.2, 0.25) is 5.02 Å². The summed E-state index contributed by atoms with van der Waals surface area (Å²) in [5, 5.41) is 17.1. The van der Waals surface area contributed by atoms with Gasteiger partial charge in [0, 0.05) is 22.0 Å². The van der Waals surface area contributed by atoms with Crippen LogP contribution >= 0.6 is 11.6 Å². The Hall–Kier alpha value is -4.22. The number of aromatic hydroxyl groups is 1. The van der Waals surface area contributed by atoms with E-state index in [1.807, 2.05) is 0 Å². The molecule has 0 saturated carbocycles. The van der Waals surface area contributed by atoms with Gasteiger partial charge in [-0.3, -0.25) is 9.59 Å². The van der Waals surface area contributed by atoms with E-state index in [2.05, 4.69) is 15.6 Å². The average Bonchev–Trinajstić information content (AvgIpc) is 3.33. The zero-order valence-electron chi connectivity index (χ0n) is 20.6. The third-order valence-electron chi connectivity index (χ3n) is 5.80. The molecule has 0 fully saturated rings. The van der Waals surface area contributed by atoms with E-state index < -0.39 is 27.4 Å². The molecule has 0 radical (unpaired) electrons. The summed E-state index contributed by atoms with van der Waals surface area (Å²) < 4.78 is 35.8. The molecule has 3 aromatic carbocycles. The Labute approximate surface area is 223 Å². The van der Waals surface area contributed by atoms with E-state index in [0.717, 1.165) is 12.1 Å². The molecule has 38 heavy (non-hydrogen) atoms. The number of nitrogens with one attached hydrogen (secondary N) is 3. The van der Waals surface area contributed by atoms with E-state index in [-0.39, 0.29) is 39.0 Å². The maximum Gasteiger partial charge on any atom is 0.272 e. The van der Waals surface area contributed by atoms with Gasteiger partial charge < -0.3 is 30.2 Å². The highest BCUT2D eigenvalue weighted by Gasteiger charge is 2.23. The first kappa shape index (κ1) is 26.8. The van der Waals surface area contributed by atoms with Crippen molar-refractivity contribution in [3.05, 3.63) is 70.9 Å². The number of carbonyl (C=O) groups excluding carboxylic acids is 2. The van der Waals surface area contributed by atoms with E-state index in [4.69, 9.17) is 21.1 Å². The molecule has 1 aromatic heterocycles. The van der Waals surface area contributed by atoms with Crippen LogP contribution in [-0.4, -0.2) is 50.3 Å². The van der Waals surface area contributed by atoms with Crippen LogP contribution in [0, 0.1) is 0 Å². The zero-order valence-corrected chi connectivity index (χ0v) is 22.2. The summed E-state index contributed by atoms with van der Waals surface area (Å²) in [5.41, 5.74) is 0.490. The minimum atomic E-state index is -3.79. The SMILES string of the molecule is CCS(=O)(=O)c1cc(NC(=O)c2cc3cc(Cl)ccc3[nH]2)c(O)c(NC(=O)c2ccc(OC)cc2OC)c1. The second kappa shape index (κ2) is 10.6. The van der Waals surface area contributed by atoms with Crippen LogP contribution in [0.15, 0.2) is 59.5 Å². The van der Waals surface area contributed by atoms with E-state index in [9.17, 15) is 23.1 Å². The molecule has 2 amide bonds. The molecule has 198 valence electrons. The Kier molecular flexibility index (Phi) is 7.51. The van der Waals surface area contributed by atoms with Crippen LogP contribution < -0.4 is 20.1 Å². The minimum absolute atomic E-state index is 0.110. The molecule has 0 spiro atoms. The Morgan fingerprint density at radius 1 is 0.947 bits per heavy atom. The van der Waals surface area contributed by atoms with Crippen LogP contribution in [-0.2, 0) is 9.84 Å². The van der Waals surface area contributed by atoms with Gasteiger partial charge in [0.1, 0.15) is 17.2 Å². The smallest absolute Gasteiger partial charge is 0.272 e. The predicted octanol–water partition coefficient (Wildman–Crippen LogP) is 4.84. The van der Waals surface area contributed by atoms with Gasteiger partial charge in [-0.1, -0.05) is 18.5 Å². The van der Waals surface area contributed by atoms with Crippen molar-refractivity contribution in [2.45, 2.75) is 11.8 Å². The van der Waals surface area contributed by atoms with Gasteiger partial charge >= 0.3 is 0 Å². The molecule has 0 aliphatic carbocycles. The lowest BCUT2D eigenvalue weighted by Crippen LogP contribution is -2.16. The maximum absolute atomic E-state index is 13.1. The summed E-state index contributed by atoms with van der Waals surface area (Å²) in [6.07, 6.45) is 0. The number of phenolic OH excluding ortho intramolecular Hbond substituents is 1. The Balaban J connectivity index is 1.72. The van der Waals surface area contributed by atoms with Crippen LogP contribution in [0.5, 0.6) is 17.2 Å². The van der Waals surface area contributed by atoms with Crippen molar-refractivity contribution in [2.24, 2.45) is 0 Å². The number of amides is 2. The lowest BCUT2D eigenvalue weighted by Gasteiger charge is -2.16. The zero-order chi connectivity index (χ0) is 27.6. The van der Waals surface area contributed by atoms with Crippen molar-refractivity contribution in [1.82, 2.24) is 4.98 Å².